The largest absolute Gasteiger partial charge is 0.494 e. The lowest BCUT2D eigenvalue weighted by molar-refractivity contribution is 0.429. The van der Waals surface area contributed by atoms with Crippen LogP contribution >= 0.6 is 0 Å². The third-order valence-electron chi connectivity index (χ3n) is 3.35. The first-order valence-electron chi connectivity index (χ1n) is 6.64. The van der Waals surface area contributed by atoms with Crippen molar-refractivity contribution in [2.24, 2.45) is 4.99 Å². The molecule has 0 amide bonds. The smallest absolute Gasteiger partial charge is 0.335 e. The number of rotatable bonds is 2. The Morgan fingerprint density at radius 2 is 2.05 bits per heavy atom. The van der Waals surface area contributed by atoms with Crippen LogP contribution in [0.3, 0.4) is 0 Å². The molecular weight excluding hydrogens is 282 g/mol. The molecule has 0 aliphatic carbocycles. The SMILES string of the molecule is Cc1ccccc1-n1c(O)c(C=C2C=CC=N2)c(=O)[nH]c1=O. The molecule has 0 radical (unpaired) electrons. The number of allylic oxidation sites excluding steroid dienone is 2. The minimum absolute atomic E-state index is 0.0125. The Morgan fingerprint density at radius 1 is 1.27 bits per heavy atom. The molecule has 2 N–H and O–H groups in total. The molecule has 0 unspecified atom stereocenters. The minimum Gasteiger partial charge on any atom is -0.494 e. The maximum Gasteiger partial charge on any atom is 0.335 e. The average Bonchev–Trinajstić information content (AvgIpc) is 2.98. The molecule has 110 valence electrons. The molecule has 6 nitrogen and oxygen atoms in total. The Labute approximate surface area is 125 Å². The fourth-order valence-corrected chi connectivity index (χ4v) is 2.25. The normalized spacial score (nSPS) is 14.9. The minimum atomic E-state index is -0.690. The zero-order chi connectivity index (χ0) is 15.7. The molecule has 3 rings (SSSR count). The van der Waals surface area contributed by atoms with Gasteiger partial charge >= 0.3 is 5.69 Å². The first-order valence-corrected chi connectivity index (χ1v) is 6.64. The Hall–Kier alpha value is -3.15. The van der Waals surface area contributed by atoms with E-state index in [1.54, 1.807) is 30.5 Å². The van der Waals surface area contributed by atoms with Crippen LogP contribution in [0.25, 0.3) is 11.8 Å². The van der Waals surface area contributed by atoms with E-state index >= 15 is 0 Å². The highest BCUT2D eigenvalue weighted by Crippen LogP contribution is 2.21. The Bertz CT molecular complexity index is 932. The van der Waals surface area contributed by atoms with Gasteiger partial charge in [-0.2, -0.15) is 0 Å². The van der Waals surface area contributed by atoms with E-state index in [0.717, 1.165) is 10.1 Å². The van der Waals surface area contributed by atoms with Crippen LogP contribution in [-0.4, -0.2) is 20.9 Å². The number of nitrogens with one attached hydrogen (secondary N) is 1. The molecule has 1 aromatic heterocycles. The van der Waals surface area contributed by atoms with Crippen molar-refractivity contribution in [3.05, 3.63) is 74.1 Å². The number of aryl methyl sites for hydroxylation is 1. The first kappa shape index (κ1) is 13.8. The number of aromatic nitrogens is 2. The summed E-state index contributed by atoms with van der Waals surface area (Å²) in [6, 6.07) is 7.09. The molecule has 1 aromatic carbocycles. The van der Waals surface area contributed by atoms with Gasteiger partial charge in [-0.25, -0.2) is 9.36 Å². The molecule has 0 saturated carbocycles. The van der Waals surface area contributed by atoms with E-state index in [2.05, 4.69) is 9.98 Å². The van der Waals surface area contributed by atoms with Crippen molar-refractivity contribution in [1.82, 2.24) is 9.55 Å². The predicted molar refractivity (Wildman–Crippen MR) is 84.7 cm³/mol. The highest BCUT2D eigenvalue weighted by Gasteiger charge is 2.15. The molecule has 0 atom stereocenters. The first-order chi connectivity index (χ1) is 10.6. The van der Waals surface area contributed by atoms with Crippen LogP contribution in [0.2, 0.25) is 0 Å². The number of aliphatic imine (C=N–C) groups is 1. The van der Waals surface area contributed by atoms with E-state index in [1.807, 2.05) is 19.1 Å². The van der Waals surface area contributed by atoms with Gasteiger partial charge in [0.05, 0.1) is 11.4 Å². The fraction of sp³-hybridized carbons (Fsp3) is 0.0625. The van der Waals surface area contributed by atoms with Gasteiger partial charge in [-0.05, 0) is 36.8 Å². The van der Waals surface area contributed by atoms with E-state index in [1.165, 1.54) is 6.08 Å². The summed E-state index contributed by atoms with van der Waals surface area (Å²) in [7, 11) is 0. The highest BCUT2D eigenvalue weighted by atomic mass is 16.3. The summed E-state index contributed by atoms with van der Waals surface area (Å²) in [5.74, 6) is -0.411. The molecule has 0 saturated heterocycles. The Balaban J connectivity index is 2.29. The van der Waals surface area contributed by atoms with Gasteiger partial charge in [0.15, 0.2) is 0 Å². The van der Waals surface area contributed by atoms with Crippen LogP contribution in [0.1, 0.15) is 11.1 Å². The average molecular weight is 295 g/mol. The van der Waals surface area contributed by atoms with Crippen LogP contribution < -0.4 is 11.2 Å². The summed E-state index contributed by atoms with van der Waals surface area (Å²) in [5.41, 5.74) is 0.466. The fourth-order valence-electron chi connectivity index (χ4n) is 2.25. The molecule has 2 heterocycles. The molecule has 2 aromatic rings. The van der Waals surface area contributed by atoms with Crippen molar-refractivity contribution in [3.8, 4) is 11.6 Å². The third kappa shape index (κ3) is 2.31. The lowest BCUT2D eigenvalue weighted by Gasteiger charge is -2.12. The zero-order valence-electron chi connectivity index (χ0n) is 11.8. The second-order valence-electron chi connectivity index (χ2n) is 4.82. The molecule has 0 fully saturated rings. The Kier molecular flexibility index (Phi) is 3.34. The maximum absolute atomic E-state index is 12.1. The molecule has 1 aliphatic rings. The second kappa shape index (κ2) is 5.33. The standard InChI is InChI=1S/C16H13N3O3/c1-10-5-2-3-7-13(10)19-15(21)12(14(20)18-16(19)22)9-11-6-4-8-17-11/h2-9,21H,1H3,(H,18,20,22). The molecule has 0 spiro atoms. The van der Waals surface area contributed by atoms with Crippen LogP contribution in [-0.2, 0) is 0 Å². The number of aromatic hydroxyl groups is 1. The molecule has 1 aliphatic heterocycles. The molecule has 6 heteroatoms. The lowest BCUT2D eigenvalue weighted by atomic mass is 10.2. The second-order valence-corrected chi connectivity index (χ2v) is 4.82. The van der Waals surface area contributed by atoms with Crippen LogP contribution in [0.4, 0.5) is 0 Å². The van der Waals surface area contributed by atoms with Gasteiger partial charge in [0.25, 0.3) is 5.56 Å². The number of H-pyrrole nitrogens is 1. The van der Waals surface area contributed by atoms with E-state index < -0.39 is 17.1 Å². The molecule has 0 bridgehead atoms. The van der Waals surface area contributed by atoms with Gasteiger partial charge in [-0.3, -0.25) is 14.8 Å². The van der Waals surface area contributed by atoms with Crippen molar-refractivity contribution < 1.29 is 5.11 Å². The summed E-state index contributed by atoms with van der Waals surface area (Å²) in [6.07, 6.45) is 6.42. The monoisotopic (exact) mass is 295 g/mol. The predicted octanol–water partition coefficient (Wildman–Crippen LogP) is 1.52. The van der Waals surface area contributed by atoms with Gasteiger partial charge in [0.2, 0.25) is 5.88 Å². The van der Waals surface area contributed by atoms with Gasteiger partial charge in [-0.1, -0.05) is 18.2 Å². The lowest BCUT2D eigenvalue weighted by Crippen LogP contribution is -2.30. The molecular formula is C16H13N3O3. The number of nitrogens with zero attached hydrogens (tertiary/aromatic N) is 2. The van der Waals surface area contributed by atoms with Crippen LogP contribution in [0.15, 0.2) is 56.7 Å². The maximum atomic E-state index is 12.1. The van der Waals surface area contributed by atoms with Crippen molar-refractivity contribution in [2.75, 3.05) is 0 Å². The van der Waals surface area contributed by atoms with Crippen LogP contribution in [0.5, 0.6) is 5.88 Å². The highest BCUT2D eigenvalue weighted by molar-refractivity contribution is 5.79. The van der Waals surface area contributed by atoms with E-state index in [9.17, 15) is 14.7 Å². The number of aromatic amines is 1. The van der Waals surface area contributed by atoms with Crippen molar-refractivity contribution in [3.63, 3.8) is 0 Å². The Morgan fingerprint density at radius 3 is 2.73 bits per heavy atom. The summed E-state index contributed by atoms with van der Waals surface area (Å²) in [6.45, 7) is 1.81. The van der Waals surface area contributed by atoms with Gasteiger partial charge < -0.3 is 5.11 Å². The number of hydrogen-bond donors (Lipinski definition) is 2. The zero-order valence-corrected chi connectivity index (χ0v) is 11.8. The van der Waals surface area contributed by atoms with E-state index in [4.69, 9.17) is 0 Å². The van der Waals surface area contributed by atoms with Gasteiger partial charge in [-0.15, -0.1) is 0 Å². The third-order valence-corrected chi connectivity index (χ3v) is 3.35. The summed E-state index contributed by atoms with van der Waals surface area (Å²) in [5, 5.41) is 10.4. The molecule has 22 heavy (non-hydrogen) atoms. The summed E-state index contributed by atoms with van der Waals surface area (Å²) in [4.78, 5) is 30.3. The van der Waals surface area contributed by atoms with Crippen molar-refractivity contribution in [1.29, 1.82) is 0 Å². The quantitative estimate of drug-likeness (QED) is 0.880. The topological polar surface area (TPSA) is 87.4 Å². The van der Waals surface area contributed by atoms with Crippen LogP contribution in [0, 0.1) is 6.92 Å². The van der Waals surface area contributed by atoms with Gasteiger partial charge in [0.1, 0.15) is 5.56 Å². The number of para-hydroxylation sites is 1. The van der Waals surface area contributed by atoms with E-state index in [0.29, 0.717) is 11.4 Å². The van der Waals surface area contributed by atoms with Crippen molar-refractivity contribution >= 4 is 12.3 Å². The number of benzene rings is 1. The van der Waals surface area contributed by atoms with Gasteiger partial charge in [0, 0.05) is 6.21 Å². The number of hydrogen-bond acceptors (Lipinski definition) is 4. The summed E-state index contributed by atoms with van der Waals surface area (Å²) >= 11 is 0. The summed E-state index contributed by atoms with van der Waals surface area (Å²) < 4.78 is 1.07. The van der Waals surface area contributed by atoms with E-state index in [-0.39, 0.29) is 5.56 Å². The van der Waals surface area contributed by atoms with Crippen molar-refractivity contribution in [2.45, 2.75) is 6.92 Å².